The van der Waals surface area contributed by atoms with Gasteiger partial charge in [-0.1, -0.05) is 39.5 Å². The molecule has 2 nitrogen and oxygen atoms in total. The van der Waals surface area contributed by atoms with Gasteiger partial charge < -0.3 is 4.74 Å². The van der Waals surface area contributed by atoms with Crippen molar-refractivity contribution in [2.75, 3.05) is 7.11 Å². The van der Waals surface area contributed by atoms with E-state index in [-0.39, 0.29) is 5.97 Å². The molecule has 0 atom stereocenters. The van der Waals surface area contributed by atoms with Crippen molar-refractivity contribution in [2.24, 2.45) is 17.8 Å². The third-order valence-corrected chi connectivity index (χ3v) is 3.80. The minimum absolute atomic E-state index is 0.0365. The van der Waals surface area contributed by atoms with Gasteiger partial charge in [0, 0.05) is 6.42 Å². The van der Waals surface area contributed by atoms with E-state index in [0.29, 0.717) is 12.3 Å². The topological polar surface area (TPSA) is 26.3 Å². The standard InChI is InChI=1S/C14H26O2/c1-11(2)4-5-12-6-8-13(9-7-12)10-14(15)16-3/h11-13H,4-10H2,1-3H3. The van der Waals surface area contributed by atoms with Gasteiger partial charge in [-0.3, -0.25) is 4.79 Å². The molecule has 1 fully saturated rings. The third-order valence-electron chi connectivity index (χ3n) is 3.80. The second-order valence-corrected chi connectivity index (χ2v) is 5.64. The molecule has 1 aliphatic carbocycles. The zero-order valence-corrected chi connectivity index (χ0v) is 11.0. The van der Waals surface area contributed by atoms with Crippen molar-refractivity contribution in [3.63, 3.8) is 0 Å². The van der Waals surface area contributed by atoms with E-state index in [0.717, 1.165) is 11.8 Å². The van der Waals surface area contributed by atoms with Gasteiger partial charge in [0.25, 0.3) is 0 Å². The van der Waals surface area contributed by atoms with Crippen LogP contribution in [-0.4, -0.2) is 13.1 Å². The molecule has 0 N–H and O–H groups in total. The molecular weight excluding hydrogens is 200 g/mol. The van der Waals surface area contributed by atoms with Gasteiger partial charge in [-0.15, -0.1) is 0 Å². The van der Waals surface area contributed by atoms with Crippen LogP contribution < -0.4 is 0 Å². The van der Waals surface area contributed by atoms with Crippen LogP contribution in [0.2, 0.25) is 0 Å². The number of hydrogen-bond acceptors (Lipinski definition) is 2. The largest absolute Gasteiger partial charge is 0.469 e. The van der Waals surface area contributed by atoms with Crippen LogP contribution in [0.15, 0.2) is 0 Å². The minimum Gasteiger partial charge on any atom is -0.469 e. The molecule has 0 aliphatic heterocycles. The van der Waals surface area contributed by atoms with E-state index in [1.54, 1.807) is 0 Å². The van der Waals surface area contributed by atoms with Crippen LogP contribution in [0, 0.1) is 17.8 Å². The number of rotatable bonds is 5. The lowest BCUT2D eigenvalue weighted by Gasteiger charge is -2.28. The SMILES string of the molecule is COC(=O)CC1CCC(CCC(C)C)CC1. The van der Waals surface area contributed by atoms with Crippen molar-refractivity contribution in [2.45, 2.75) is 58.8 Å². The summed E-state index contributed by atoms with van der Waals surface area (Å²) in [4.78, 5) is 11.2. The van der Waals surface area contributed by atoms with Crippen molar-refractivity contribution in [3.8, 4) is 0 Å². The highest BCUT2D eigenvalue weighted by atomic mass is 16.5. The first-order chi connectivity index (χ1) is 7.61. The molecule has 16 heavy (non-hydrogen) atoms. The molecule has 0 unspecified atom stereocenters. The van der Waals surface area contributed by atoms with Crippen molar-refractivity contribution in [1.82, 2.24) is 0 Å². The maximum Gasteiger partial charge on any atom is 0.305 e. The number of ether oxygens (including phenoxy) is 1. The Morgan fingerprint density at radius 3 is 2.25 bits per heavy atom. The first-order valence-electron chi connectivity index (χ1n) is 6.68. The molecule has 1 saturated carbocycles. The Bertz CT molecular complexity index is 203. The van der Waals surface area contributed by atoms with Crippen LogP contribution in [0.4, 0.5) is 0 Å². The summed E-state index contributed by atoms with van der Waals surface area (Å²) in [6, 6.07) is 0. The van der Waals surface area contributed by atoms with Gasteiger partial charge in [0.1, 0.15) is 0 Å². The summed E-state index contributed by atoms with van der Waals surface area (Å²) in [6.45, 7) is 4.59. The summed E-state index contributed by atoms with van der Waals surface area (Å²) in [5.74, 6) is 2.29. The Morgan fingerprint density at radius 1 is 1.19 bits per heavy atom. The molecule has 0 saturated heterocycles. The maximum absolute atomic E-state index is 11.2. The number of carbonyl (C=O) groups is 1. The Morgan fingerprint density at radius 2 is 1.75 bits per heavy atom. The molecule has 1 aliphatic rings. The first kappa shape index (κ1) is 13.5. The van der Waals surface area contributed by atoms with Crippen LogP contribution >= 0.6 is 0 Å². The molecule has 0 amide bonds. The molecule has 0 aromatic rings. The summed E-state index contributed by atoms with van der Waals surface area (Å²) in [6.07, 6.45) is 8.43. The van der Waals surface area contributed by atoms with E-state index < -0.39 is 0 Å². The summed E-state index contributed by atoms with van der Waals surface area (Å²) >= 11 is 0. The second-order valence-electron chi connectivity index (χ2n) is 5.64. The van der Waals surface area contributed by atoms with Crippen LogP contribution in [0.3, 0.4) is 0 Å². The number of methoxy groups -OCH3 is 1. The van der Waals surface area contributed by atoms with Crippen molar-refractivity contribution >= 4 is 5.97 Å². The molecule has 2 heteroatoms. The second kappa shape index (κ2) is 6.93. The van der Waals surface area contributed by atoms with Crippen LogP contribution in [0.1, 0.15) is 58.8 Å². The number of hydrogen-bond donors (Lipinski definition) is 0. The smallest absolute Gasteiger partial charge is 0.305 e. The van der Waals surface area contributed by atoms with Crippen LogP contribution in [-0.2, 0) is 9.53 Å². The summed E-state index contributed by atoms with van der Waals surface area (Å²) in [7, 11) is 1.48. The average Bonchev–Trinajstić information content (AvgIpc) is 2.28. The van der Waals surface area contributed by atoms with E-state index in [9.17, 15) is 4.79 Å². The number of esters is 1. The van der Waals surface area contributed by atoms with Gasteiger partial charge in [0.2, 0.25) is 0 Å². The molecule has 0 radical (unpaired) electrons. The summed E-state index contributed by atoms with van der Waals surface area (Å²) < 4.78 is 4.72. The van der Waals surface area contributed by atoms with Gasteiger partial charge in [-0.2, -0.15) is 0 Å². The molecule has 0 bridgehead atoms. The van der Waals surface area contributed by atoms with Gasteiger partial charge in [-0.25, -0.2) is 0 Å². The van der Waals surface area contributed by atoms with E-state index in [1.165, 1.54) is 45.6 Å². The molecule has 0 aromatic heterocycles. The molecule has 0 aromatic carbocycles. The van der Waals surface area contributed by atoms with Gasteiger partial charge >= 0.3 is 5.97 Å². The molecule has 94 valence electrons. The van der Waals surface area contributed by atoms with E-state index in [4.69, 9.17) is 4.74 Å². The van der Waals surface area contributed by atoms with Crippen LogP contribution in [0.5, 0.6) is 0 Å². The lowest BCUT2D eigenvalue weighted by molar-refractivity contribution is -0.142. The molecule has 0 heterocycles. The first-order valence-corrected chi connectivity index (χ1v) is 6.68. The Labute approximate surface area is 99.8 Å². The fourth-order valence-corrected chi connectivity index (χ4v) is 2.61. The maximum atomic E-state index is 11.2. The van der Waals surface area contributed by atoms with Gasteiger partial charge in [0.15, 0.2) is 0 Å². The highest BCUT2D eigenvalue weighted by molar-refractivity contribution is 5.69. The quantitative estimate of drug-likeness (QED) is 0.667. The van der Waals surface area contributed by atoms with Crippen molar-refractivity contribution in [1.29, 1.82) is 0 Å². The highest BCUT2D eigenvalue weighted by Crippen LogP contribution is 2.33. The van der Waals surface area contributed by atoms with Gasteiger partial charge in [-0.05, 0) is 30.6 Å². The lowest BCUT2D eigenvalue weighted by Crippen LogP contribution is -2.18. The zero-order valence-electron chi connectivity index (χ0n) is 11.0. The van der Waals surface area contributed by atoms with Crippen LogP contribution in [0.25, 0.3) is 0 Å². The lowest BCUT2D eigenvalue weighted by atomic mass is 9.78. The minimum atomic E-state index is -0.0365. The fraction of sp³-hybridized carbons (Fsp3) is 0.929. The van der Waals surface area contributed by atoms with E-state index in [2.05, 4.69) is 13.8 Å². The fourth-order valence-electron chi connectivity index (χ4n) is 2.61. The third kappa shape index (κ3) is 5.00. The summed E-state index contributed by atoms with van der Waals surface area (Å²) in [5.41, 5.74) is 0. The predicted octanol–water partition coefficient (Wildman–Crippen LogP) is 3.79. The van der Waals surface area contributed by atoms with E-state index >= 15 is 0 Å². The molecular formula is C14H26O2. The van der Waals surface area contributed by atoms with Gasteiger partial charge in [0.05, 0.1) is 7.11 Å². The monoisotopic (exact) mass is 226 g/mol. The van der Waals surface area contributed by atoms with Crippen molar-refractivity contribution in [3.05, 3.63) is 0 Å². The Kier molecular flexibility index (Phi) is 5.86. The predicted molar refractivity (Wildman–Crippen MR) is 66.2 cm³/mol. The normalized spacial score (nSPS) is 25.8. The number of carbonyl (C=O) groups excluding carboxylic acids is 1. The van der Waals surface area contributed by atoms with Crippen molar-refractivity contribution < 1.29 is 9.53 Å². The zero-order chi connectivity index (χ0) is 12.0. The Balaban J connectivity index is 2.16. The Hall–Kier alpha value is -0.530. The molecule has 0 spiro atoms. The van der Waals surface area contributed by atoms with E-state index in [1.807, 2.05) is 0 Å². The molecule has 1 rings (SSSR count). The average molecular weight is 226 g/mol. The highest BCUT2D eigenvalue weighted by Gasteiger charge is 2.23. The summed E-state index contributed by atoms with van der Waals surface area (Å²) in [5, 5.41) is 0.